The van der Waals surface area contributed by atoms with Crippen molar-refractivity contribution in [3.8, 4) is 0 Å². The Kier molecular flexibility index (Phi) is 10.7. The van der Waals surface area contributed by atoms with Crippen LogP contribution in [0.25, 0.3) is 0 Å². The molecule has 0 spiro atoms. The van der Waals surface area contributed by atoms with Gasteiger partial charge >= 0.3 is 6.09 Å². The lowest BCUT2D eigenvalue weighted by Gasteiger charge is -2.19. The molecule has 3 amide bonds. The first kappa shape index (κ1) is 24.4. The molecule has 0 atom stereocenters. The normalized spacial score (nSPS) is 10.9. The van der Waals surface area contributed by atoms with E-state index in [0.29, 0.717) is 18.9 Å². The van der Waals surface area contributed by atoms with Crippen molar-refractivity contribution in [1.82, 2.24) is 10.6 Å². The van der Waals surface area contributed by atoms with Gasteiger partial charge in [-0.15, -0.1) is 0 Å². The van der Waals surface area contributed by atoms with E-state index in [2.05, 4.69) is 16.0 Å². The van der Waals surface area contributed by atoms with E-state index in [4.69, 9.17) is 14.2 Å². The summed E-state index contributed by atoms with van der Waals surface area (Å²) < 4.78 is 15.1. The van der Waals surface area contributed by atoms with E-state index in [-0.39, 0.29) is 37.9 Å². The van der Waals surface area contributed by atoms with E-state index in [1.54, 1.807) is 46.1 Å². The zero-order valence-electron chi connectivity index (χ0n) is 17.5. The van der Waals surface area contributed by atoms with E-state index in [0.717, 1.165) is 5.56 Å². The molecule has 0 unspecified atom stereocenters. The summed E-state index contributed by atoms with van der Waals surface area (Å²) >= 11 is 0. The lowest BCUT2D eigenvalue weighted by molar-refractivity contribution is -0.121. The highest BCUT2D eigenvalue weighted by Crippen LogP contribution is 2.14. The molecule has 1 rings (SSSR count). The molecular formula is C20H31N3O6. The van der Waals surface area contributed by atoms with Crippen molar-refractivity contribution in [2.24, 2.45) is 0 Å². The Morgan fingerprint density at radius 1 is 1.00 bits per heavy atom. The SMILES string of the molecule is COCCOCC(=O)Nc1ccccc1CNC(=O)CCNC(=O)OC(C)(C)C. The molecule has 0 bridgehead atoms. The van der Waals surface area contributed by atoms with Crippen LogP contribution in [0.5, 0.6) is 0 Å². The van der Waals surface area contributed by atoms with Crippen LogP contribution in [0, 0.1) is 0 Å². The van der Waals surface area contributed by atoms with Crippen LogP contribution in [0.3, 0.4) is 0 Å². The van der Waals surface area contributed by atoms with Crippen molar-refractivity contribution in [2.45, 2.75) is 39.3 Å². The van der Waals surface area contributed by atoms with Gasteiger partial charge in [0.2, 0.25) is 11.8 Å². The highest BCUT2D eigenvalue weighted by Gasteiger charge is 2.16. The summed E-state index contributed by atoms with van der Waals surface area (Å²) in [4.78, 5) is 35.5. The number of ether oxygens (including phenoxy) is 3. The van der Waals surface area contributed by atoms with Crippen LogP contribution in [0.2, 0.25) is 0 Å². The third-order valence-corrected chi connectivity index (χ3v) is 3.45. The Bertz CT molecular complexity index is 672. The monoisotopic (exact) mass is 409 g/mol. The van der Waals surface area contributed by atoms with Crippen molar-refractivity contribution in [3.05, 3.63) is 29.8 Å². The fraction of sp³-hybridized carbons (Fsp3) is 0.550. The number of carbonyl (C=O) groups excluding carboxylic acids is 3. The summed E-state index contributed by atoms with van der Waals surface area (Å²) in [5.41, 5.74) is 0.765. The van der Waals surface area contributed by atoms with Crippen molar-refractivity contribution in [1.29, 1.82) is 0 Å². The highest BCUT2D eigenvalue weighted by molar-refractivity contribution is 5.92. The lowest BCUT2D eigenvalue weighted by atomic mass is 10.1. The summed E-state index contributed by atoms with van der Waals surface area (Å²) in [6, 6.07) is 7.16. The molecular weight excluding hydrogens is 378 g/mol. The van der Waals surface area contributed by atoms with E-state index in [1.165, 1.54) is 0 Å². The van der Waals surface area contributed by atoms with Gasteiger partial charge in [-0.1, -0.05) is 18.2 Å². The average molecular weight is 409 g/mol. The highest BCUT2D eigenvalue weighted by atomic mass is 16.6. The van der Waals surface area contributed by atoms with E-state index < -0.39 is 11.7 Å². The molecule has 9 heteroatoms. The number of methoxy groups -OCH3 is 1. The number of hydrogen-bond donors (Lipinski definition) is 3. The van der Waals surface area contributed by atoms with Crippen LogP contribution in [0.4, 0.5) is 10.5 Å². The quantitative estimate of drug-likeness (QED) is 0.480. The minimum Gasteiger partial charge on any atom is -0.444 e. The first-order valence-corrected chi connectivity index (χ1v) is 9.39. The molecule has 0 radical (unpaired) electrons. The summed E-state index contributed by atoms with van der Waals surface area (Å²) in [6.07, 6.45) is -0.452. The Labute approximate surface area is 171 Å². The molecule has 0 saturated heterocycles. The van der Waals surface area contributed by atoms with Gasteiger partial charge in [-0.05, 0) is 32.4 Å². The Hall–Kier alpha value is -2.65. The van der Waals surface area contributed by atoms with Crippen molar-refractivity contribution in [2.75, 3.05) is 38.8 Å². The maximum absolute atomic E-state index is 12.0. The van der Waals surface area contributed by atoms with Crippen LogP contribution in [-0.2, 0) is 30.3 Å². The second-order valence-electron chi connectivity index (χ2n) is 7.21. The van der Waals surface area contributed by atoms with Crippen molar-refractivity contribution in [3.63, 3.8) is 0 Å². The maximum atomic E-state index is 12.0. The number of anilines is 1. The topological polar surface area (TPSA) is 115 Å². The molecule has 0 heterocycles. The summed E-state index contributed by atoms with van der Waals surface area (Å²) in [7, 11) is 1.56. The second-order valence-corrected chi connectivity index (χ2v) is 7.21. The summed E-state index contributed by atoms with van der Waals surface area (Å²) in [5.74, 6) is -0.522. The second kappa shape index (κ2) is 12.7. The number of nitrogens with one attached hydrogen (secondary N) is 3. The zero-order chi connectivity index (χ0) is 21.7. The van der Waals surface area contributed by atoms with Gasteiger partial charge in [-0.25, -0.2) is 4.79 Å². The van der Waals surface area contributed by atoms with E-state index >= 15 is 0 Å². The predicted octanol–water partition coefficient (Wildman–Crippen LogP) is 1.82. The van der Waals surface area contributed by atoms with Crippen LogP contribution < -0.4 is 16.0 Å². The van der Waals surface area contributed by atoms with Gasteiger partial charge in [0, 0.05) is 32.3 Å². The van der Waals surface area contributed by atoms with Gasteiger partial charge < -0.3 is 30.2 Å². The molecule has 3 N–H and O–H groups in total. The van der Waals surface area contributed by atoms with Gasteiger partial charge in [-0.2, -0.15) is 0 Å². The van der Waals surface area contributed by atoms with Gasteiger partial charge in [0.05, 0.1) is 13.2 Å². The molecule has 0 aliphatic heterocycles. The molecule has 1 aromatic carbocycles. The van der Waals surface area contributed by atoms with Crippen LogP contribution >= 0.6 is 0 Å². The van der Waals surface area contributed by atoms with Gasteiger partial charge in [-0.3, -0.25) is 9.59 Å². The summed E-state index contributed by atoms with van der Waals surface area (Å²) in [6.45, 7) is 6.37. The predicted molar refractivity (Wildman–Crippen MR) is 108 cm³/mol. The smallest absolute Gasteiger partial charge is 0.407 e. The number of alkyl carbamates (subject to hydrolysis) is 1. The number of amides is 3. The van der Waals surface area contributed by atoms with Crippen molar-refractivity contribution >= 4 is 23.6 Å². The Morgan fingerprint density at radius 2 is 1.72 bits per heavy atom. The first-order valence-electron chi connectivity index (χ1n) is 9.39. The van der Waals surface area contributed by atoms with E-state index in [9.17, 15) is 14.4 Å². The van der Waals surface area contributed by atoms with E-state index in [1.807, 2.05) is 6.07 Å². The molecule has 0 aliphatic carbocycles. The molecule has 0 saturated carbocycles. The fourth-order valence-corrected chi connectivity index (χ4v) is 2.16. The Morgan fingerprint density at radius 3 is 2.41 bits per heavy atom. The number of rotatable bonds is 11. The molecule has 1 aromatic rings. The molecule has 0 fully saturated rings. The first-order chi connectivity index (χ1) is 13.7. The van der Waals surface area contributed by atoms with Crippen molar-refractivity contribution < 1.29 is 28.6 Å². The number of hydrogen-bond acceptors (Lipinski definition) is 6. The third-order valence-electron chi connectivity index (χ3n) is 3.45. The van der Waals surface area contributed by atoms with Gasteiger partial charge in [0.15, 0.2) is 0 Å². The Balaban J connectivity index is 2.39. The third kappa shape index (κ3) is 11.7. The van der Waals surface area contributed by atoms with Gasteiger partial charge in [0.25, 0.3) is 0 Å². The molecule has 0 aromatic heterocycles. The zero-order valence-corrected chi connectivity index (χ0v) is 17.5. The van der Waals surface area contributed by atoms with Gasteiger partial charge in [0.1, 0.15) is 12.2 Å². The minimum atomic E-state index is -0.588. The van der Waals surface area contributed by atoms with Crippen LogP contribution in [-0.4, -0.2) is 57.0 Å². The van der Waals surface area contributed by atoms with Crippen LogP contribution in [0.1, 0.15) is 32.8 Å². The fourth-order valence-electron chi connectivity index (χ4n) is 2.16. The summed E-state index contributed by atoms with van der Waals surface area (Å²) in [5, 5.41) is 8.06. The lowest BCUT2D eigenvalue weighted by Crippen LogP contribution is -2.35. The molecule has 9 nitrogen and oxygen atoms in total. The largest absolute Gasteiger partial charge is 0.444 e. The molecule has 0 aliphatic rings. The number of benzene rings is 1. The maximum Gasteiger partial charge on any atom is 0.407 e. The van der Waals surface area contributed by atoms with Crippen LogP contribution in [0.15, 0.2) is 24.3 Å². The number of para-hydroxylation sites is 1. The number of carbonyl (C=O) groups is 3. The molecule has 29 heavy (non-hydrogen) atoms. The standard InChI is InChI=1S/C20H31N3O6/c1-20(2,3)29-19(26)21-10-9-17(24)22-13-15-7-5-6-8-16(15)23-18(25)14-28-12-11-27-4/h5-8H,9-14H2,1-4H3,(H,21,26)(H,22,24)(H,23,25). The molecule has 162 valence electrons. The minimum absolute atomic E-state index is 0.0829. The average Bonchev–Trinajstić information content (AvgIpc) is 2.63.